The number of nitrogens with one attached hydrogen (secondary N) is 1. The van der Waals surface area contributed by atoms with Gasteiger partial charge in [0.05, 0.1) is 5.69 Å². The molecule has 3 aliphatic heterocycles. The minimum atomic E-state index is -0.491. The fourth-order valence-corrected chi connectivity index (χ4v) is 4.52. The molecule has 0 atom stereocenters. The topological polar surface area (TPSA) is 61.9 Å². The number of piperidine rings is 2. The molecule has 1 spiro atoms. The number of hydrogen-bond donors (Lipinski definition) is 1. The van der Waals surface area contributed by atoms with Crippen molar-refractivity contribution < 1.29 is 14.3 Å². The van der Waals surface area contributed by atoms with Crippen molar-refractivity contribution in [3.8, 4) is 0 Å². The molecule has 1 aromatic rings. The van der Waals surface area contributed by atoms with E-state index >= 15 is 0 Å². The number of likely N-dealkylation sites (tertiary alicyclic amines) is 2. The predicted molar refractivity (Wildman–Crippen MR) is 94.3 cm³/mol. The van der Waals surface area contributed by atoms with Crippen molar-refractivity contribution >= 4 is 17.7 Å². The van der Waals surface area contributed by atoms with Crippen LogP contribution in [0.1, 0.15) is 38.2 Å². The lowest BCUT2D eigenvalue weighted by atomic mass is 9.81. The molecular formula is C19H25N3O3. The molecule has 4 rings (SSSR count). The Labute approximate surface area is 148 Å². The number of anilines is 1. The Morgan fingerprint density at radius 2 is 1.84 bits per heavy atom. The Balaban J connectivity index is 1.44. The van der Waals surface area contributed by atoms with Crippen molar-refractivity contribution in [2.45, 2.75) is 44.2 Å². The highest BCUT2D eigenvalue weighted by Gasteiger charge is 2.45. The molecule has 1 N–H and O–H groups in total. The Morgan fingerprint density at radius 3 is 2.52 bits per heavy atom. The summed E-state index contributed by atoms with van der Waals surface area (Å²) in [5.41, 5.74) is 1.48. The standard InChI is InChI=1S/C19H25N3O3/c1-14(23)21-10-6-15(7-11-21)22-12-8-19(9-13-22)16-4-2-3-5-17(16)20-18(24)25-19/h2-5,15H,6-13H2,1H3,(H,20,24). The number of nitrogens with zero attached hydrogens (tertiary/aromatic N) is 2. The number of amides is 2. The van der Waals surface area contributed by atoms with Gasteiger partial charge in [0.1, 0.15) is 5.60 Å². The molecule has 3 heterocycles. The number of benzene rings is 1. The molecule has 2 saturated heterocycles. The molecule has 6 heteroatoms. The van der Waals surface area contributed by atoms with Gasteiger partial charge in [-0.25, -0.2) is 4.79 Å². The second-order valence-electron chi connectivity index (χ2n) is 7.33. The van der Waals surface area contributed by atoms with E-state index in [0.717, 1.165) is 63.1 Å². The van der Waals surface area contributed by atoms with Gasteiger partial charge in [0, 0.05) is 57.5 Å². The van der Waals surface area contributed by atoms with Crippen LogP contribution in [0.2, 0.25) is 0 Å². The van der Waals surface area contributed by atoms with Crippen LogP contribution >= 0.6 is 0 Å². The first-order chi connectivity index (χ1) is 12.1. The van der Waals surface area contributed by atoms with Crippen molar-refractivity contribution in [1.29, 1.82) is 0 Å². The first-order valence-electron chi connectivity index (χ1n) is 9.16. The average molecular weight is 343 g/mol. The second kappa shape index (κ2) is 6.33. The van der Waals surface area contributed by atoms with E-state index in [0.29, 0.717) is 6.04 Å². The number of carbonyl (C=O) groups is 2. The fourth-order valence-electron chi connectivity index (χ4n) is 4.52. The predicted octanol–water partition coefficient (Wildman–Crippen LogP) is 2.55. The maximum atomic E-state index is 12.0. The zero-order valence-electron chi connectivity index (χ0n) is 14.7. The van der Waals surface area contributed by atoms with E-state index in [-0.39, 0.29) is 12.0 Å². The van der Waals surface area contributed by atoms with E-state index in [1.165, 1.54) is 0 Å². The van der Waals surface area contributed by atoms with E-state index in [9.17, 15) is 9.59 Å². The van der Waals surface area contributed by atoms with E-state index in [1.54, 1.807) is 6.92 Å². The molecular weight excluding hydrogens is 318 g/mol. The van der Waals surface area contributed by atoms with Gasteiger partial charge >= 0.3 is 6.09 Å². The Kier molecular flexibility index (Phi) is 4.15. The summed E-state index contributed by atoms with van der Waals surface area (Å²) in [5.74, 6) is 0.175. The highest BCUT2D eigenvalue weighted by atomic mass is 16.6. The van der Waals surface area contributed by atoms with Crippen molar-refractivity contribution in [1.82, 2.24) is 9.80 Å². The summed E-state index contributed by atoms with van der Waals surface area (Å²) in [7, 11) is 0. The van der Waals surface area contributed by atoms with Crippen LogP contribution in [0, 0.1) is 0 Å². The maximum absolute atomic E-state index is 12.0. The van der Waals surface area contributed by atoms with E-state index < -0.39 is 5.60 Å². The zero-order chi connectivity index (χ0) is 17.4. The number of ether oxygens (including phenoxy) is 1. The molecule has 2 fully saturated rings. The van der Waals surface area contributed by atoms with Gasteiger partial charge in [-0.2, -0.15) is 0 Å². The molecule has 0 aliphatic carbocycles. The number of para-hydroxylation sites is 1. The van der Waals surface area contributed by atoms with Crippen molar-refractivity contribution in [2.75, 3.05) is 31.5 Å². The quantitative estimate of drug-likeness (QED) is 0.851. The molecule has 0 unspecified atom stereocenters. The third-order valence-electron chi connectivity index (χ3n) is 5.97. The smallest absolute Gasteiger partial charge is 0.412 e. The van der Waals surface area contributed by atoms with Gasteiger partial charge in [-0.3, -0.25) is 15.0 Å². The molecule has 0 saturated carbocycles. The highest BCUT2D eigenvalue weighted by molar-refractivity contribution is 5.88. The molecule has 0 radical (unpaired) electrons. The monoisotopic (exact) mass is 343 g/mol. The van der Waals surface area contributed by atoms with E-state index in [1.807, 2.05) is 23.1 Å². The number of fused-ring (bicyclic) bond motifs is 2. The van der Waals surface area contributed by atoms with Crippen LogP contribution in [0.5, 0.6) is 0 Å². The van der Waals surface area contributed by atoms with Crippen LogP contribution in [0.4, 0.5) is 10.5 Å². The summed E-state index contributed by atoms with van der Waals surface area (Å²) in [4.78, 5) is 27.9. The zero-order valence-corrected chi connectivity index (χ0v) is 14.7. The third-order valence-corrected chi connectivity index (χ3v) is 5.97. The number of rotatable bonds is 1. The van der Waals surface area contributed by atoms with Gasteiger partial charge in [-0.1, -0.05) is 18.2 Å². The number of hydrogen-bond acceptors (Lipinski definition) is 4. The normalized spacial score (nSPS) is 23.7. The Hall–Kier alpha value is -2.08. The van der Waals surface area contributed by atoms with Gasteiger partial charge < -0.3 is 9.64 Å². The first kappa shape index (κ1) is 16.4. The third kappa shape index (κ3) is 2.99. The summed E-state index contributed by atoms with van der Waals surface area (Å²) in [6, 6.07) is 8.49. The lowest BCUT2D eigenvalue weighted by Crippen LogP contribution is -2.53. The van der Waals surface area contributed by atoms with Crippen LogP contribution in [0.25, 0.3) is 0 Å². The fraction of sp³-hybridized carbons (Fsp3) is 0.579. The highest BCUT2D eigenvalue weighted by Crippen LogP contribution is 2.43. The molecule has 6 nitrogen and oxygen atoms in total. The van der Waals surface area contributed by atoms with E-state index in [4.69, 9.17) is 4.74 Å². The second-order valence-corrected chi connectivity index (χ2v) is 7.33. The minimum Gasteiger partial charge on any atom is -0.438 e. The molecule has 2 amide bonds. The van der Waals surface area contributed by atoms with Crippen molar-refractivity contribution in [3.05, 3.63) is 29.8 Å². The summed E-state index contributed by atoms with van der Waals surface area (Å²) in [6.45, 7) is 5.19. The summed E-state index contributed by atoms with van der Waals surface area (Å²) in [5, 5.41) is 2.81. The lowest BCUT2D eigenvalue weighted by Gasteiger charge is -2.47. The average Bonchev–Trinajstić information content (AvgIpc) is 2.62. The molecule has 0 bridgehead atoms. The molecule has 25 heavy (non-hydrogen) atoms. The Bertz CT molecular complexity index is 674. The van der Waals surface area contributed by atoms with Crippen LogP contribution in [0.3, 0.4) is 0 Å². The van der Waals surface area contributed by atoms with Gasteiger partial charge in [0.15, 0.2) is 0 Å². The largest absolute Gasteiger partial charge is 0.438 e. The van der Waals surface area contributed by atoms with Gasteiger partial charge in [0.2, 0.25) is 5.91 Å². The molecule has 1 aromatic carbocycles. The van der Waals surface area contributed by atoms with Crippen LogP contribution in [-0.4, -0.2) is 54.0 Å². The van der Waals surface area contributed by atoms with Gasteiger partial charge in [-0.15, -0.1) is 0 Å². The number of carbonyl (C=O) groups excluding carboxylic acids is 2. The van der Waals surface area contributed by atoms with Crippen LogP contribution < -0.4 is 5.32 Å². The molecule has 3 aliphatic rings. The van der Waals surface area contributed by atoms with Crippen LogP contribution in [-0.2, 0) is 15.1 Å². The lowest BCUT2D eigenvalue weighted by molar-refractivity contribution is -0.130. The SMILES string of the molecule is CC(=O)N1CCC(N2CCC3(CC2)OC(=O)Nc2ccccc23)CC1. The van der Waals surface area contributed by atoms with Crippen LogP contribution in [0.15, 0.2) is 24.3 Å². The summed E-state index contributed by atoms with van der Waals surface area (Å²) < 4.78 is 5.80. The first-order valence-corrected chi connectivity index (χ1v) is 9.16. The van der Waals surface area contributed by atoms with Crippen molar-refractivity contribution in [3.63, 3.8) is 0 Å². The molecule has 0 aromatic heterocycles. The van der Waals surface area contributed by atoms with Gasteiger partial charge in [0.25, 0.3) is 0 Å². The van der Waals surface area contributed by atoms with Crippen molar-refractivity contribution in [2.24, 2.45) is 0 Å². The maximum Gasteiger partial charge on any atom is 0.412 e. The summed E-state index contributed by atoms with van der Waals surface area (Å²) in [6.07, 6.45) is 3.37. The van der Waals surface area contributed by atoms with E-state index in [2.05, 4.69) is 16.3 Å². The molecule has 134 valence electrons. The minimum absolute atomic E-state index is 0.175. The summed E-state index contributed by atoms with van der Waals surface area (Å²) >= 11 is 0. The van der Waals surface area contributed by atoms with Gasteiger partial charge in [-0.05, 0) is 18.9 Å². The Morgan fingerprint density at radius 1 is 1.16 bits per heavy atom.